The number of hydrogen-bond acceptors (Lipinski definition) is 3. The third-order valence-electron chi connectivity index (χ3n) is 2.51. The molecule has 0 saturated heterocycles. The highest BCUT2D eigenvalue weighted by molar-refractivity contribution is 6.05. The summed E-state index contributed by atoms with van der Waals surface area (Å²) in [5, 5.41) is 0.676. The van der Waals surface area contributed by atoms with E-state index in [0.29, 0.717) is 22.2 Å². The van der Waals surface area contributed by atoms with Gasteiger partial charge < -0.3 is 4.74 Å². The minimum Gasteiger partial charge on any atom is -0.496 e. The molecular formula is C12H11NO3. The Balaban J connectivity index is 2.89. The normalized spacial score (nSPS) is 10.4. The lowest BCUT2D eigenvalue weighted by molar-refractivity contribution is 0.0941. The molecule has 4 heteroatoms. The molecule has 0 N–H and O–H groups in total. The van der Waals surface area contributed by atoms with Crippen LogP contribution in [0.15, 0.2) is 24.4 Å². The Labute approximate surface area is 92.4 Å². The summed E-state index contributed by atoms with van der Waals surface area (Å²) in [5.41, 5.74) is 1.15. The number of ether oxygens (including phenoxy) is 1. The number of carbonyl (C=O) groups excluding carboxylic acids is 2. The molecular weight excluding hydrogens is 206 g/mol. The molecule has 1 aromatic carbocycles. The van der Waals surface area contributed by atoms with Gasteiger partial charge in [0, 0.05) is 18.7 Å². The van der Waals surface area contributed by atoms with Gasteiger partial charge in [0.15, 0.2) is 6.29 Å². The van der Waals surface area contributed by atoms with Crippen LogP contribution in [-0.2, 0) is 0 Å². The first-order chi connectivity index (χ1) is 7.69. The lowest BCUT2D eigenvalue weighted by Crippen LogP contribution is -2.02. The van der Waals surface area contributed by atoms with E-state index in [-0.39, 0.29) is 5.91 Å². The predicted molar refractivity (Wildman–Crippen MR) is 60.2 cm³/mol. The largest absolute Gasteiger partial charge is 0.496 e. The molecule has 0 saturated carbocycles. The minimum atomic E-state index is -0.133. The van der Waals surface area contributed by atoms with E-state index in [2.05, 4.69) is 0 Å². The van der Waals surface area contributed by atoms with E-state index >= 15 is 0 Å². The number of fused-ring (bicyclic) bond motifs is 1. The summed E-state index contributed by atoms with van der Waals surface area (Å²) in [4.78, 5) is 22.3. The van der Waals surface area contributed by atoms with Gasteiger partial charge in [-0.15, -0.1) is 0 Å². The van der Waals surface area contributed by atoms with E-state index in [9.17, 15) is 9.59 Å². The van der Waals surface area contributed by atoms with Gasteiger partial charge in [0.25, 0.3) is 0 Å². The van der Waals surface area contributed by atoms with Crippen molar-refractivity contribution < 1.29 is 14.3 Å². The maximum atomic E-state index is 11.4. The third kappa shape index (κ3) is 1.39. The van der Waals surface area contributed by atoms with Crippen LogP contribution in [0.4, 0.5) is 0 Å². The number of carbonyl (C=O) groups is 2. The summed E-state index contributed by atoms with van der Waals surface area (Å²) >= 11 is 0. The van der Waals surface area contributed by atoms with Crippen LogP contribution in [0, 0.1) is 0 Å². The zero-order valence-corrected chi connectivity index (χ0v) is 9.06. The van der Waals surface area contributed by atoms with Gasteiger partial charge in [-0.3, -0.25) is 14.2 Å². The molecule has 16 heavy (non-hydrogen) atoms. The summed E-state index contributed by atoms with van der Waals surface area (Å²) < 4.78 is 6.63. The van der Waals surface area contributed by atoms with Crippen molar-refractivity contribution in [3.63, 3.8) is 0 Å². The second kappa shape index (κ2) is 3.81. The first-order valence-electron chi connectivity index (χ1n) is 4.83. The highest BCUT2D eigenvalue weighted by Crippen LogP contribution is 2.29. The van der Waals surface area contributed by atoms with Crippen molar-refractivity contribution in [2.45, 2.75) is 6.92 Å². The van der Waals surface area contributed by atoms with Crippen molar-refractivity contribution in [2.75, 3.05) is 7.11 Å². The minimum absolute atomic E-state index is 0.133. The van der Waals surface area contributed by atoms with Crippen molar-refractivity contribution in [3.05, 3.63) is 30.0 Å². The standard InChI is InChI=1S/C12H11NO3/c1-8(15)13-6-9(7-14)12-10(13)4-3-5-11(12)16-2/h3-7H,1-2H3. The number of aromatic nitrogens is 1. The summed E-state index contributed by atoms with van der Waals surface area (Å²) in [6.45, 7) is 1.45. The highest BCUT2D eigenvalue weighted by Gasteiger charge is 2.13. The van der Waals surface area contributed by atoms with E-state index in [4.69, 9.17) is 4.74 Å². The van der Waals surface area contributed by atoms with E-state index in [1.807, 2.05) is 0 Å². The summed E-state index contributed by atoms with van der Waals surface area (Å²) in [7, 11) is 1.54. The topological polar surface area (TPSA) is 48.3 Å². The smallest absolute Gasteiger partial charge is 0.227 e. The molecule has 1 heterocycles. The van der Waals surface area contributed by atoms with Gasteiger partial charge in [0.05, 0.1) is 18.0 Å². The summed E-state index contributed by atoms with van der Waals surface area (Å²) in [5.74, 6) is 0.464. The van der Waals surface area contributed by atoms with E-state index in [1.54, 1.807) is 18.2 Å². The molecule has 0 amide bonds. The molecule has 82 valence electrons. The van der Waals surface area contributed by atoms with Crippen molar-refractivity contribution in [1.29, 1.82) is 0 Å². The Bertz CT molecular complexity index is 569. The third-order valence-corrected chi connectivity index (χ3v) is 2.51. The molecule has 0 spiro atoms. The van der Waals surface area contributed by atoms with E-state index in [0.717, 1.165) is 6.29 Å². The summed E-state index contributed by atoms with van der Waals surface area (Å²) in [6, 6.07) is 5.33. The molecule has 0 unspecified atom stereocenters. The first kappa shape index (κ1) is 10.4. The van der Waals surface area contributed by atoms with Crippen LogP contribution in [0.25, 0.3) is 10.9 Å². The van der Waals surface area contributed by atoms with Gasteiger partial charge in [-0.05, 0) is 12.1 Å². The Kier molecular flexibility index (Phi) is 2.48. The fraction of sp³-hybridized carbons (Fsp3) is 0.167. The van der Waals surface area contributed by atoms with Gasteiger partial charge in [-0.2, -0.15) is 0 Å². The average Bonchev–Trinajstić information content (AvgIpc) is 2.67. The quantitative estimate of drug-likeness (QED) is 0.724. The Morgan fingerprint density at radius 1 is 1.44 bits per heavy atom. The fourth-order valence-corrected chi connectivity index (χ4v) is 1.80. The van der Waals surface area contributed by atoms with Gasteiger partial charge >= 0.3 is 0 Å². The van der Waals surface area contributed by atoms with Crippen LogP contribution in [0.5, 0.6) is 5.75 Å². The predicted octanol–water partition coefficient (Wildman–Crippen LogP) is 2.12. The second-order valence-electron chi connectivity index (χ2n) is 3.45. The lowest BCUT2D eigenvalue weighted by atomic mass is 10.2. The molecule has 1 aromatic heterocycles. The zero-order valence-electron chi connectivity index (χ0n) is 9.06. The average molecular weight is 217 g/mol. The van der Waals surface area contributed by atoms with Crippen LogP contribution >= 0.6 is 0 Å². The number of hydrogen-bond donors (Lipinski definition) is 0. The van der Waals surface area contributed by atoms with Crippen molar-refractivity contribution in [3.8, 4) is 5.75 Å². The van der Waals surface area contributed by atoms with Crippen LogP contribution in [0.3, 0.4) is 0 Å². The molecule has 2 rings (SSSR count). The second-order valence-corrected chi connectivity index (χ2v) is 3.45. The van der Waals surface area contributed by atoms with Crippen molar-refractivity contribution in [1.82, 2.24) is 4.57 Å². The maximum absolute atomic E-state index is 11.4. The molecule has 0 fully saturated rings. The van der Waals surface area contributed by atoms with E-state index < -0.39 is 0 Å². The molecule has 0 aliphatic carbocycles. The number of rotatable bonds is 2. The Morgan fingerprint density at radius 3 is 2.75 bits per heavy atom. The Morgan fingerprint density at radius 2 is 2.19 bits per heavy atom. The first-order valence-corrected chi connectivity index (χ1v) is 4.83. The number of nitrogens with zero attached hydrogens (tertiary/aromatic N) is 1. The van der Waals surface area contributed by atoms with Crippen LogP contribution in [0.2, 0.25) is 0 Å². The zero-order chi connectivity index (χ0) is 11.7. The number of methoxy groups -OCH3 is 1. The molecule has 0 aliphatic heterocycles. The highest BCUT2D eigenvalue weighted by atomic mass is 16.5. The SMILES string of the molecule is COc1cccc2c1c(C=O)cn2C(C)=O. The van der Waals surface area contributed by atoms with Gasteiger partial charge in [0.1, 0.15) is 5.75 Å². The Hall–Kier alpha value is -2.10. The van der Waals surface area contributed by atoms with Crippen LogP contribution < -0.4 is 4.74 Å². The molecule has 0 radical (unpaired) electrons. The molecule has 4 nitrogen and oxygen atoms in total. The molecule has 0 aliphatic rings. The van der Waals surface area contributed by atoms with Gasteiger partial charge in [-0.25, -0.2) is 0 Å². The van der Waals surface area contributed by atoms with Crippen LogP contribution in [-0.4, -0.2) is 23.9 Å². The van der Waals surface area contributed by atoms with Crippen molar-refractivity contribution in [2.24, 2.45) is 0 Å². The summed E-state index contributed by atoms with van der Waals surface area (Å²) in [6.07, 6.45) is 2.26. The van der Waals surface area contributed by atoms with Crippen LogP contribution in [0.1, 0.15) is 22.1 Å². The molecule has 2 aromatic rings. The van der Waals surface area contributed by atoms with Gasteiger partial charge in [-0.1, -0.05) is 6.07 Å². The van der Waals surface area contributed by atoms with E-state index in [1.165, 1.54) is 24.8 Å². The number of aldehydes is 1. The van der Waals surface area contributed by atoms with Gasteiger partial charge in [0.2, 0.25) is 5.91 Å². The molecule has 0 atom stereocenters. The van der Waals surface area contributed by atoms with Crippen molar-refractivity contribution >= 4 is 23.1 Å². The monoisotopic (exact) mass is 217 g/mol. The molecule has 0 bridgehead atoms. The number of benzene rings is 1. The maximum Gasteiger partial charge on any atom is 0.227 e. The lowest BCUT2D eigenvalue weighted by Gasteiger charge is -2.03. The fourth-order valence-electron chi connectivity index (χ4n) is 1.80.